The van der Waals surface area contributed by atoms with E-state index in [1.165, 1.54) is 5.56 Å². The van der Waals surface area contributed by atoms with Gasteiger partial charge in [0, 0.05) is 43.6 Å². The molecule has 0 atom stereocenters. The highest BCUT2D eigenvalue weighted by Gasteiger charge is 2.20. The number of aromatic hydroxyl groups is 1. The Bertz CT molecular complexity index is 658. The Kier molecular flexibility index (Phi) is 3.79. The summed E-state index contributed by atoms with van der Waals surface area (Å²) in [5, 5.41) is 10.1. The first-order valence-corrected chi connectivity index (χ1v) is 7.56. The molecule has 1 aliphatic rings. The number of rotatable bonds is 2. The number of phenols is 1. The van der Waals surface area contributed by atoms with Gasteiger partial charge >= 0.3 is 0 Å². The van der Waals surface area contributed by atoms with Gasteiger partial charge in [-0.25, -0.2) is 4.98 Å². The Hall–Kier alpha value is -2.43. The molecule has 1 saturated heterocycles. The summed E-state index contributed by atoms with van der Waals surface area (Å²) >= 11 is 0. The van der Waals surface area contributed by atoms with Gasteiger partial charge in [-0.15, -0.1) is 0 Å². The molecule has 0 aliphatic carbocycles. The second kappa shape index (κ2) is 5.75. The number of nitrogens with two attached hydrogens (primary N) is 1. The van der Waals surface area contributed by atoms with Crippen LogP contribution in [0.1, 0.15) is 11.3 Å². The summed E-state index contributed by atoms with van der Waals surface area (Å²) in [5.74, 6) is 1.29. The first kappa shape index (κ1) is 14.5. The van der Waals surface area contributed by atoms with E-state index in [1.807, 2.05) is 19.1 Å². The van der Waals surface area contributed by atoms with Gasteiger partial charge < -0.3 is 20.6 Å². The Labute approximate surface area is 131 Å². The number of hydrogen-bond donors (Lipinski definition) is 2. The third kappa shape index (κ3) is 2.93. The lowest BCUT2D eigenvalue weighted by Gasteiger charge is -2.37. The van der Waals surface area contributed by atoms with E-state index < -0.39 is 0 Å². The van der Waals surface area contributed by atoms with E-state index in [1.54, 1.807) is 6.07 Å². The number of benzene rings is 1. The minimum absolute atomic E-state index is 0.248. The van der Waals surface area contributed by atoms with Crippen molar-refractivity contribution in [3.8, 4) is 5.75 Å². The van der Waals surface area contributed by atoms with Gasteiger partial charge in [-0.1, -0.05) is 0 Å². The van der Waals surface area contributed by atoms with E-state index in [-0.39, 0.29) is 5.75 Å². The average molecular weight is 298 g/mol. The maximum atomic E-state index is 10.1. The van der Waals surface area contributed by atoms with Crippen LogP contribution in [-0.4, -0.2) is 36.3 Å². The molecule has 0 spiro atoms. The van der Waals surface area contributed by atoms with Crippen molar-refractivity contribution in [2.75, 3.05) is 41.7 Å². The van der Waals surface area contributed by atoms with E-state index in [4.69, 9.17) is 5.73 Å². The molecule has 2 heterocycles. The molecule has 1 fully saturated rings. The fourth-order valence-electron chi connectivity index (χ4n) is 2.97. The minimum Gasteiger partial charge on any atom is -0.506 e. The van der Waals surface area contributed by atoms with Crippen LogP contribution >= 0.6 is 0 Å². The second-order valence-electron chi connectivity index (χ2n) is 5.87. The number of nitrogens with zero attached hydrogens (tertiary/aromatic N) is 3. The van der Waals surface area contributed by atoms with E-state index in [2.05, 4.69) is 33.8 Å². The van der Waals surface area contributed by atoms with Crippen molar-refractivity contribution < 1.29 is 5.11 Å². The molecule has 22 heavy (non-hydrogen) atoms. The number of piperazine rings is 1. The monoisotopic (exact) mass is 298 g/mol. The molecule has 0 amide bonds. The van der Waals surface area contributed by atoms with Crippen LogP contribution in [0.15, 0.2) is 30.3 Å². The van der Waals surface area contributed by atoms with Gasteiger partial charge in [0.1, 0.15) is 11.6 Å². The van der Waals surface area contributed by atoms with Crippen molar-refractivity contribution >= 4 is 17.2 Å². The van der Waals surface area contributed by atoms with E-state index >= 15 is 0 Å². The van der Waals surface area contributed by atoms with Crippen LogP contribution in [-0.2, 0) is 0 Å². The Morgan fingerprint density at radius 3 is 2.32 bits per heavy atom. The normalized spacial score (nSPS) is 15.2. The van der Waals surface area contributed by atoms with E-state index in [0.29, 0.717) is 5.69 Å². The largest absolute Gasteiger partial charge is 0.506 e. The maximum absolute atomic E-state index is 10.1. The number of nitrogen functional groups attached to an aromatic ring is 1. The highest BCUT2D eigenvalue weighted by atomic mass is 16.3. The number of aromatic nitrogens is 1. The predicted molar refractivity (Wildman–Crippen MR) is 90.7 cm³/mol. The number of aryl methyl sites for hydroxylation is 2. The van der Waals surface area contributed by atoms with Crippen LogP contribution in [0.2, 0.25) is 0 Å². The van der Waals surface area contributed by atoms with Crippen LogP contribution in [0.3, 0.4) is 0 Å². The molecule has 0 radical (unpaired) electrons. The zero-order valence-electron chi connectivity index (χ0n) is 13.1. The predicted octanol–water partition coefficient (Wildman–Crippen LogP) is 2.31. The van der Waals surface area contributed by atoms with Gasteiger partial charge in [-0.2, -0.15) is 0 Å². The molecule has 3 rings (SSSR count). The zero-order chi connectivity index (χ0) is 15.7. The molecule has 1 aliphatic heterocycles. The van der Waals surface area contributed by atoms with Crippen molar-refractivity contribution in [1.29, 1.82) is 0 Å². The second-order valence-corrected chi connectivity index (χ2v) is 5.87. The van der Waals surface area contributed by atoms with Crippen LogP contribution in [0, 0.1) is 13.8 Å². The molecular weight excluding hydrogens is 276 g/mol. The van der Waals surface area contributed by atoms with Gasteiger partial charge in [0.05, 0.1) is 5.69 Å². The molecule has 0 bridgehead atoms. The van der Waals surface area contributed by atoms with Crippen LogP contribution < -0.4 is 15.5 Å². The molecule has 2 aromatic rings. The average Bonchev–Trinajstić information content (AvgIpc) is 2.46. The van der Waals surface area contributed by atoms with Gasteiger partial charge in [-0.05, 0) is 43.7 Å². The van der Waals surface area contributed by atoms with Gasteiger partial charge in [0.25, 0.3) is 0 Å². The number of hydrogen-bond acceptors (Lipinski definition) is 5. The number of pyridine rings is 1. The Balaban J connectivity index is 1.72. The van der Waals surface area contributed by atoms with Crippen LogP contribution in [0.4, 0.5) is 17.2 Å². The topological polar surface area (TPSA) is 65.6 Å². The van der Waals surface area contributed by atoms with E-state index in [9.17, 15) is 5.11 Å². The lowest BCUT2D eigenvalue weighted by atomic mass is 10.2. The molecular formula is C17H22N4O. The fourth-order valence-corrected chi connectivity index (χ4v) is 2.97. The highest BCUT2D eigenvalue weighted by Crippen LogP contribution is 2.30. The van der Waals surface area contributed by atoms with Crippen molar-refractivity contribution in [3.05, 3.63) is 41.6 Å². The molecule has 3 N–H and O–H groups in total. The van der Waals surface area contributed by atoms with Crippen molar-refractivity contribution in [1.82, 2.24) is 4.98 Å². The zero-order valence-corrected chi connectivity index (χ0v) is 13.1. The van der Waals surface area contributed by atoms with Crippen LogP contribution in [0.25, 0.3) is 0 Å². The van der Waals surface area contributed by atoms with Gasteiger partial charge in [0.15, 0.2) is 0 Å². The summed E-state index contributed by atoms with van der Waals surface area (Å²) in [6.45, 7) is 7.61. The molecule has 1 aromatic heterocycles. The smallest absolute Gasteiger partial charge is 0.140 e. The summed E-state index contributed by atoms with van der Waals surface area (Å²) in [6, 6.07) is 9.53. The molecule has 0 saturated carbocycles. The number of phenolic OH excluding ortho intramolecular Hbond substituents is 1. The molecule has 1 aromatic carbocycles. The summed E-state index contributed by atoms with van der Waals surface area (Å²) in [4.78, 5) is 9.11. The minimum atomic E-state index is 0.248. The quantitative estimate of drug-likeness (QED) is 0.833. The molecule has 0 unspecified atom stereocenters. The molecule has 5 heteroatoms. The first-order valence-electron chi connectivity index (χ1n) is 7.56. The fraction of sp³-hybridized carbons (Fsp3) is 0.353. The van der Waals surface area contributed by atoms with Crippen LogP contribution in [0.5, 0.6) is 5.75 Å². The first-order chi connectivity index (χ1) is 10.5. The highest BCUT2D eigenvalue weighted by molar-refractivity contribution is 5.64. The standard InChI is InChI=1S/C17H22N4O/c1-12-9-13(2)19-17(10-12)21-7-5-20(6-8-21)15-4-3-14(18)11-16(15)22/h3-4,9-11,22H,5-8,18H2,1-2H3. The SMILES string of the molecule is Cc1cc(C)nc(N2CCN(c3ccc(N)cc3O)CC2)c1. The number of anilines is 3. The van der Waals surface area contributed by atoms with Crippen molar-refractivity contribution in [3.63, 3.8) is 0 Å². The lowest BCUT2D eigenvalue weighted by molar-refractivity contribution is 0.472. The summed E-state index contributed by atoms with van der Waals surface area (Å²) in [7, 11) is 0. The van der Waals surface area contributed by atoms with E-state index in [0.717, 1.165) is 43.4 Å². The molecule has 5 nitrogen and oxygen atoms in total. The van der Waals surface area contributed by atoms with Gasteiger partial charge in [-0.3, -0.25) is 0 Å². The van der Waals surface area contributed by atoms with Gasteiger partial charge in [0.2, 0.25) is 0 Å². The summed E-state index contributed by atoms with van der Waals surface area (Å²) < 4.78 is 0. The lowest BCUT2D eigenvalue weighted by Crippen LogP contribution is -2.46. The van der Waals surface area contributed by atoms with Crippen molar-refractivity contribution in [2.24, 2.45) is 0 Å². The summed E-state index contributed by atoms with van der Waals surface area (Å²) in [5.41, 5.74) is 9.41. The Morgan fingerprint density at radius 2 is 1.68 bits per heavy atom. The Morgan fingerprint density at radius 1 is 1.00 bits per heavy atom. The third-order valence-electron chi connectivity index (χ3n) is 4.03. The molecule has 116 valence electrons. The maximum Gasteiger partial charge on any atom is 0.140 e. The summed E-state index contributed by atoms with van der Waals surface area (Å²) in [6.07, 6.45) is 0. The van der Waals surface area contributed by atoms with Crippen molar-refractivity contribution in [2.45, 2.75) is 13.8 Å². The third-order valence-corrected chi connectivity index (χ3v) is 4.03.